The molecule has 14 nitrogen and oxygen atoms in total. The van der Waals surface area contributed by atoms with Gasteiger partial charge in [-0.2, -0.15) is 0 Å². The highest BCUT2D eigenvalue weighted by Gasteiger charge is 2.34. The third-order valence-corrected chi connectivity index (χ3v) is 13.0. The van der Waals surface area contributed by atoms with Crippen molar-refractivity contribution in [3.63, 3.8) is 0 Å². The van der Waals surface area contributed by atoms with E-state index in [0.717, 1.165) is 33.8 Å². The summed E-state index contributed by atoms with van der Waals surface area (Å²) in [7, 11) is 0. The molecule has 2 aliphatic rings. The summed E-state index contributed by atoms with van der Waals surface area (Å²) in [6.45, 7) is 9.24. The van der Waals surface area contributed by atoms with E-state index in [1.54, 1.807) is 35.8 Å². The number of aliphatic imine (C=N–C) groups is 1. The first kappa shape index (κ1) is 47.7. The highest BCUT2D eigenvalue weighted by Crippen LogP contribution is 2.35. The number of fused-ring (bicyclic) bond motifs is 1. The molecule has 4 aromatic carbocycles. The molecule has 5 aromatic rings. The Labute approximate surface area is 391 Å². The molecule has 2 fully saturated rings. The van der Waals surface area contributed by atoms with Crippen LogP contribution in [0.15, 0.2) is 121 Å². The minimum absolute atomic E-state index is 0.0471. The first-order chi connectivity index (χ1) is 32.5. The third-order valence-electron chi connectivity index (χ3n) is 11.8. The Hall–Kier alpha value is -7.26. The van der Waals surface area contributed by atoms with Gasteiger partial charge in [0.25, 0.3) is 0 Å². The number of ether oxygens (including phenoxy) is 6. The second kappa shape index (κ2) is 22.8. The SMILES string of the molecule is C=CC(=O)Oc1ccc(OC(=O)C2CCC(C(=O)Oc3ccc(OC(=O)C4CCC(C(=O)Oc5ccc(OC(=O)C=C)cc5)CC4)c(/C=N/CC(CC)c4nc5ccccc5s4)c3)CC2)cc1. The fraction of sp³-hybridized carbons (Fsp3) is 0.308. The van der Waals surface area contributed by atoms with Crippen LogP contribution in [0.3, 0.4) is 0 Å². The van der Waals surface area contributed by atoms with Crippen molar-refractivity contribution in [1.82, 2.24) is 4.98 Å². The van der Waals surface area contributed by atoms with E-state index in [4.69, 9.17) is 38.4 Å². The molecule has 0 spiro atoms. The lowest BCUT2D eigenvalue weighted by Crippen LogP contribution is -2.30. The van der Waals surface area contributed by atoms with E-state index in [0.29, 0.717) is 80.7 Å². The predicted molar refractivity (Wildman–Crippen MR) is 250 cm³/mol. The lowest BCUT2D eigenvalue weighted by Gasteiger charge is -2.26. The average molecular weight is 927 g/mol. The van der Waals surface area contributed by atoms with Gasteiger partial charge in [-0.15, -0.1) is 11.3 Å². The Morgan fingerprint density at radius 2 is 1.01 bits per heavy atom. The fourth-order valence-electron chi connectivity index (χ4n) is 7.90. The lowest BCUT2D eigenvalue weighted by atomic mass is 9.82. The van der Waals surface area contributed by atoms with Crippen molar-refractivity contribution in [2.24, 2.45) is 28.7 Å². The van der Waals surface area contributed by atoms with Crippen LogP contribution in [0, 0.1) is 23.7 Å². The van der Waals surface area contributed by atoms with Crippen LogP contribution < -0.4 is 28.4 Å². The molecule has 7 rings (SSSR count). The summed E-state index contributed by atoms with van der Waals surface area (Å²) >= 11 is 1.64. The zero-order valence-electron chi connectivity index (χ0n) is 37.0. The van der Waals surface area contributed by atoms with Crippen LogP contribution in [-0.4, -0.2) is 53.6 Å². The Kier molecular flexibility index (Phi) is 16.2. The van der Waals surface area contributed by atoms with E-state index in [-0.39, 0.29) is 23.2 Å². The summed E-state index contributed by atoms with van der Waals surface area (Å²) in [6.07, 6.45) is 7.91. The number of rotatable bonds is 17. The number of carbonyl (C=O) groups is 6. The highest BCUT2D eigenvalue weighted by atomic mass is 32.1. The minimum Gasteiger partial charge on any atom is -0.426 e. The largest absolute Gasteiger partial charge is 0.426 e. The van der Waals surface area contributed by atoms with E-state index >= 15 is 0 Å². The van der Waals surface area contributed by atoms with Gasteiger partial charge in [-0.3, -0.25) is 24.2 Å². The minimum atomic E-state index is -0.600. The van der Waals surface area contributed by atoms with Gasteiger partial charge in [-0.1, -0.05) is 32.2 Å². The molecular weight excluding hydrogens is 877 g/mol. The Morgan fingerprint density at radius 1 is 0.597 bits per heavy atom. The van der Waals surface area contributed by atoms with Gasteiger partial charge in [0.15, 0.2) is 0 Å². The van der Waals surface area contributed by atoms with Crippen molar-refractivity contribution in [2.75, 3.05) is 6.54 Å². The molecule has 1 aromatic heterocycles. The number of benzene rings is 4. The van der Waals surface area contributed by atoms with Crippen molar-refractivity contribution in [2.45, 2.75) is 70.6 Å². The van der Waals surface area contributed by atoms with Gasteiger partial charge in [0.05, 0.1) is 38.9 Å². The summed E-state index contributed by atoms with van der Waals surface area (Å²) in [5.74, 6) is -2.89. The number of esters is 6. The maximum absolute atomic E-state index is 13.7. The number of para-hydroxylation sites is 1. The molecule has 15 heteroatoms. The van der Waals surface area contributed by atoms with Crippen LogP contribution in [0.25, 0.3) is 10.2 Å². The van der Waals surface area contributed by atoms with E-state index in [2.05, 4.69) is 20.1 Å². The van der Waals surface area contributed by atoms with Crippen molar-refractivity contribution in [3.05, 3.63) is 127 Å². The third kappa shape index (κ3) is 13.0. The van der Waals surface area contributed by atoms with Gasteiger partial charge in [-0.05, 0) is 137 Å². The van der Waals surface area contributed by atoms with Gasteiger partial charge < -0.3 is 28.4 Å². The van der Waals surface area contributed by atoms with Crippen LogP contribution in [0.1, 0.15) is 81.2 Å². The number of hydrogen-bond acceptors (Lipinski definition) is 15. The summed E-state index contributed by atoms with van der Waals surface area (Å²) in [5.41, 5.74) is 1.38. The molecule has 2 saturated carbocycles. The second-order valence-electron chi connectivity index (χ2n) is 16.3. The maximum Gasteiger partial charge on any atom is 0.335 e. The smallest absolute Gasteiger partial charge is 0.335 e. The van der Waals surface area contributed by atoms with Gasteiger partial charge in [0.1, 0.15) is 34.5 Å². The topological polar surface area (TPSA) is 183 Å². The van der Waals surface area contributed by atoms with Crippen molar-refractivity contribution < 1.29 is 57.2 Å². The van der Waals surface area contributed by atoms with E-state index in [9.17, 15) is 28.8 Å². The standard InChI is InChI=1S/C52H50N2O12S/c1-4-32(48-54-43-9-7-8-10-45(43)67-48)30-53-31-37-29-42(65-51(59)35-13-11-33(12-14-35)49(57)63-40-23-19-38(20-24-40)61-46(55)5-2)27-28-44(37)66-52(60)36-17-15-34(16-18-36)50(58)64-41-25-21-39(22-26-41)62-47(56)6-3/h5-10,19-29,31-36H,2-4,11-18,30H2,1H3/b53-31+. The number of thiazole rings is 1. The monoisotopic (exact) mass is 926 g/mol. The predicted octanol–water partition coefficient (Wildman–Crippen LogP) is 9.73. The number of nitrogens with zero attached hydrogens (tertiary/aromatic N) is 2. The molecule has 1 heterocycles. The first-order valence-corrected chi connectivity index (χ1v) is 23.0. The van der Waals surface area contributed by atoms with Crippen molar-refractivity contribution >= 4 is 63.6 Å². The van der Waals surface area contributed by atoms with Crippen molar-refractivity contribution in [1.29, 1.82) is 0 Å². The van der Waals surface area contributed by atoms with E-state index in [1.165, 1.54) is 48.5 Å². The first-order valence-electron chi connectivity index (χ1n) is 22.2. The lowest BCUT2D eigenvalue weighted by molar-refractivity contribution is -0.145. The molecule has 1 atom stereocenters. The summed E-state index contributed by atoms with van der Waals surface area (Å²) in [4.78, 5) is 85.7. The van der Waals surface area contributed by atoms with Crippen LogP contribution in [0.4, 0.5) is 0 Å². The van der Waals surface area contributed by atoms with Crippen LogP contribution in [0.5, 0.6) is 34.5 Å². The van der Waals surface area contributed by atoms with E-state index < -0.39 is 59.5 Å². The second-order valence-corrected chi connectivity index (χ2v) is 17.4. The molecule has 0 saturated heterocycles. The zero-order valence-corrected chi connectivity index (χ0v) is 37.8. The van der Waals surface area contributed by atoms with Gasteiger partial charge >= 0.3 is 35.8 Å². The quantitative estimate of drug-likeness (QED) is 0.0372. The molecule has 0 N–H and O–H groups in total. The Balaban J connectivity index is 0.965. The van der Waals surface area contributed by atoms with Gasteiger partial charge in [-0.25, -0.2) is 14.6 Å². The molecular formula is C52H50N2O12S. The molecule has 2 aliphatic carbocycles. The average Bonchev–Trinajstić information content (AvgIpc) is 3.79. The molecule has 1 unspecified atom stereocenters. The van der Waals surface area contributed by atoms with Crippen LogP contribution in [0.2, 0.25) is 0 Å². The van der Waals surface area contributed by atoms with Crippen LogP contribution >= 0.6 is 11.3 Å². The fourth-order valence-corrected chi connectivity index (χ4v) is 9.04. The zero-order chi connectivity index (χ0) is 47.3. The molecule has 0 amide bonds. The molecule has 67 heavy (non-hydrogen) atoms. The van der Waals surface area contributed by atoms with Crippen LogP contribution in [-0.2, 0) is 28.8 Å². The molecule has 0 aliphatic heterocycles. The van der Waals surface area contributed by atoms with Gasteiger partial charge in [0.2, 0.25) is 0 Å². The maximum atomic E-state index is 13.7. The van der Waals surface area contributed by atoms with Crippen molar-refractivity contribution in [3.8, 4) is 34.5 Å². The molecule has 346 valence electrons. The summed E-state index contributed by atoms with van der Waals surface area (Å²) < 4.78 is 34.3. The normalized spacial score (nSPS) is 18.5. The Morgan fingerprint density at radius 3 is 1.46 bits per heavy atom. The summed E-state index contributed by atoms with van der Waals surface area (Å²) in [5, 5.41) is 0.976. The highest BCUT2D eigenvalue weighted by molar-refractivity contribution is 7.18. The number of hydrogen-bond donors (Lipinski definition) is 0. The number of aromatic nitrogens is 1. The van der Waals surface area contributed by atoms with E-state index in [1.807, 2.05) is 24.3 Å². The molecule has 0 radical (unpaired) electrons. The Bertz CT molecular complexity index is 2610. The van der Waals surface area contributed by atoms with Gasteiger partial charge in [0, 0.05) is 36.4 Å². The number of carbonyl (C=O) groups excluding carboxylic acids is 6. The summed E-state index contributed by atoms with van der Waals surface area (Å²) in [6, 6.07) is 25.0. The molecule has 0 bridgehead atoms.